The second kappa shape index (κ2) is 9.65. The fraction of sp³-hybridized carbons (Fsp3) is 0.241. The Kier molecular flexibility index (Phi) is 6.28. The van der Waals surface area contributed by atoms with Crippen molar-refractivity contribution in [3.8, 4) is 11.1 Å². The Morgan fingerprint density at radius 3 is 2.53 bits per heavy atom. The van der Waals surface area contributed by atoms with Gasteiger partial charge in [-0.15, -0.1) is 0 Å². The molecule has 1 aromatic heterocycles. The standard InChI is InChI=1S/C29H29N3O2/c1-20-7-3-5-9-23(20)25-17-28(32-13-15-34-16-14-32)30-19-27(25)29(33)31-18-26-21(2)11-12-22-8-4-6-10-24(22)26/h3-12,17,19H,13-16,18H2,1-2H3,(H,31,33). The Bertz CT molecular complexity index is 1340. The average molecular weight is 452 g/mol. The molecule has 1 amide bonds. The molecule has 0 saturated carbocycles. The summed E-state index contributed by atoms with van der Waals surface area (Å²) < 4.78 is 5.50. The van der Waals surface area contributed by atoms with Gasteiger partial charge in [-0.1, -0.05) is 60.7 Å². The smallest absolute Gasteiger partial charge is 0.253 e. The average Bonchev–Trinajstić information content (AvgIpc) is 2.88. The quantitative estimate of drug-likeness (QED) is 0.448. The number of fused-ring (bicyclic) bond motifs is 1. The molecule has 172 valence electrons. The molecule has 3 aromatic carbocycles. The van der Waals surface area contributed by atoms with E-state index in [0.717, 1.165) is 41.2 Å². The molecule has 1 aliphatic rings. The van der Waals surface area contributed by atoms with Gasteiger partial charge >= 0.3 is 0 Å². The maximum absolute atomic E-state index is 13.5. The van der Waals surface area contributed by atoms with Gasteiger partial charge in [-0.05, 0) is 58.5 Å². The number of benzene rings is 3. The second-order valence-electron chi connectivity index (χ2n) is 8.77. The Labute approximate surface area is 200 Å². The first-order valence-corrected chi connectivity index (χ1v) is 11.8. The summed E-state index contributed by atoms with van der Waals surface area (Å²) in [5.41, 5.74) is 5.97. The normalized spacial score (nSPS) is 13.8. The molecule has 0 aliphatic carbocycles. The fourth-order valence-electron chi connectivity index (χ4n) is 4.63. The maximum atomic E-state index is 13.5. The van der Waals surface area contributed by atoms with E-state index in [0.29, 0.717) is 25.3 Å². The van der Waals surface area contributed by atoms with E-state index in [1.807, 2.05) is 30.3 Å². The zero-order chi connectivity index (χ0) is 23.5. The van der Waals surface area contributed by atoms with Crippen molar-refractivity contribution in [2.45, 2.75) is 20.4 Å². The lowest BCUT2D eigenvalue weighted by atomic mass is 9.96. The Balaban J connectivity index is 1.48. The minimum Gasteiger partial charge on any atom is -0.378 e. The number of ether oxygens (including phenoxy) is 1. The topological polar surface area (TPSA) is 54.5 Å². The van der Waals surface area contributed by atoms with Gasteiger partial charge in [0.15, 0.2) is 0 Å². The van der Waals surface area contributed by atoms with Crippen LogP contribution in [0.15, 0.2) is 72.9 Å². The molecule has 5 rings (SSSR count). The summed E-state index contributed by atoms with van der Waals surface area (Å²) in [5, 5.41) is 5.51. The summed E-state index contributed by atoms with van der Waals surface area (Å²) in [5.74, 6) is 0.759. The Morgan fingerprint density at radius 1 is 0.941 bits per heavy atom. The molecule has 1 fully saturated rings. The van der Waals surface area contributed by atoms with Crippen molar-refractivity contribution in [2.24, 2.45) is 0 Å². The van der Waals surface area contributed by atoms with E-state index < -0.39 is 0 Å². The van der Waals surface area contributed by atoms with Crippen LogP contribution >= 0.6 is 0 Å². The number of aryl methyl sites for hydroxylation is 2. The number of hydrogen-bond acceptors (Lipinski definition) is 4. The van der Waals surface area contributed by atoms with E-state index in [1.165, 1.54) is 16.3 Å². The number of nitrogens with one attached hydrogen (secondary N) is 1. The molecule has 0 unspecified atom stereocenters. The maximum Gasteiger partial charge on any atom is 0.253 e. The second-order valence-corrected chi connectivity index (χ2v) is 8.77. The number of morpholine rings is 1. The molecule has 0 spiro atoms. The van der Waals surface area contributed by atoms with Crippen LogP contribution < -0.4 is 10.2 Å². The number of hydrogen-bond donors (Lipinski definition) is 1. The van der Waals surface area contributed by atoms with Gasteiger partial charge in [0, 0.05) is 25.8 Å². The van der Waals surface area contributed by atoms with E-state index in [1.54, 1.807) is 6.20 Å². The lowest BCUT2D eigenvalue weighted by molar-refractivity contribution is 0.0951. The monoisotopic (exact) mass is 451 g/mol. The van der Waals surface area contributed by atoms with E-state index in [4.69, 9.17) is 4.74 Å². The molecule has 0 bridgehead atoms. The van der Waals surface area contributed by atoms with Crippen molar-refractivity contribution >= 4 is 22.5 Å². The van der Waals surface area contributed by atoms with E-state index in [-0.39, 0.29) is 5.91 Å². The number of aromatic nitrogens is 1. The van der Waals surface area contributed by atoms with E-state index in [9.17, 15) is 4.79 Å². The third-order valence-corrected chi connectivity index (χ3v) is 6.61. The third-order valence-electron chi connectivity index (χ3n) is 6.61. The minimum absolute atomic E-state index is 0.119. The van der Waals surface area contributed by atoms with Crippen LogP contribution in [0, 0.1) is 13.8 Å². The first-order valence-electron chi connectivity index (χ1n) is 11.8. The Hall–Kier alpha value is -3.70. The lowest BCUT2D eigenvalue weighted by Gasteiger charge is -2.28. The van der Waals surface area contributed by atoms with Crippen LogP contribution in [0.5, 0.6) is 0 Å². The zero-order valence-electron chi connectivity index (χ0n) is 19.7. The summed E-state index contributed by atoms with van der Waals surface area (Å²) in [6.07, 6.45) is 1.72. The van der Waals surface area contributed by atoms with Gasteiger partial charge in [-0.3, -0.25) is 4.79 Å². The van der Waals surface area contributed by atoms with E-state index in [2.05, 4.69) is 65.4 Å². The van der Waals surface area contributed by atoms with Crippen molar-refractivity contribution in [3.05, 3.63) is 95.2 Å². The van der Waals surface area contributed by atoms with Gasteiger partial charge in [0.1, 0.15) is 5.82 Å². The Morgan fingerprint density at radius 2 is 1.71 bits per heavy atom. The van der Waals surface area contributed by atoms with Crippen LogP contribution in [0.1, 0.15) is 27.0 Å². The first-order chi connectivity index (χ1) is 16.6. The molecule has 0 radical (unpaired) electrons. The van der Waals surface area contributed by atoms with Gasteiger partial charge in [0.2, 0.25) is 0 Å². The van der Waals surface area contributed by atoms with Crippen LogP contribution in [0.4, 0.5) is 5.82 Å². The summed E-state index contributed by atoms with van der Waals surface area (Å²) in [6, 6.07) is 22.8. The molecule has 4 aromatic rings. The largest absolute Gasteiger partial charge is 0.378 e. The molecule has 1 saturated heterocycles. The highest BCUT2D eigenvalue weighted by molar-refractivity contribution is 6.01. The van der Waals surface area contributed by atoms with Gasteiger partial charge < -0.3 is 15.0 Å². The number of rotatable bonds is 5. The first kappa shape index (κ1) is 22.1. The predicted molar refractivity (Wildman–Crippen MR) is 137 cm³/mol. The van der Waals surface area contributed by atoms with Crippen molar-refractivity contribution in [2.75, 3.05) is 31.2 Å². The summed E-state index contributed by atoms with van der Waals surface area (Å²) >= 11 is 0. The molecular formula is C29H29N3O2. The molecule has 1 N–H and O–H groups in total. The van der Waals surface area contributed by atoms with Crippen LogP contribution in [-0.4, -0.2) is 37.2 Å². The van der Waals surface area contributed by atoms with Gasteiger partial charge in [-0.2, -0.15) is 0 Å². The third kappa shape index (κ3) is 4.39. The van der Waals surface area contributed by atoms with Gasteiger partial charge in [-0.25, -0.2) is 4.98 Å². The van der Waals surface area contributed by atoms with Crippen molar-refractivity contribution in [1.82, 2.24) is 10.3 Å². The molecule has 1 aliphatic heterocycles. The molecule has 5 heteroatoms. The summed E-state index contributed by atoms with van der Waals surface area (Å²) in [6.45, 7) is 7.60. The summed E-state index contributed by atoms with van der Waals surface area (Å²) in [4.78, 5) is 20.4. The van der Waals surface area contributed by atoms with Crippen molar-refractivity contribution in [1.29, 1.82) is 0 Å². The molecular weight excluding hydrogens is 422 g/mol. The van der Waals surface area contributed by atoms with Crippen LogP contribution in [0.2, 0.25) is 0 Å². The predicted octanol–water partition coefficient (Wildman–Crippen LogP) is 5.29. The van der Waals surface area contributed by atoms with Crippen LogP contribution in [0.25, 0.3) is 21.9 Å². The van der Waals surface area contributed by atoms with Gasteiger partial charge in [0.25, 0.3) is 5.91 Å². The van der Waals surface area contributed by atoms with Crippen molar-refractivity contribution < 1.29 is 9.53 Å². The number of pyridine rings is 1. The van der Waals surface area contributed by atoms with E-state index >= 15 is 0 Å². The lowest BCUT2D eigenvalue weighted by Crippen LogP contribution is -2.36. The molecule has 0 atom stereocenters. The molecule has 34 heavy (non-hydrogen) atoms. The fourth-order valence-corrected chi connectivity index (χ4v) is 4.63. The summed E-state index contributed by atoms with van der Waals surface area (Å²) in [7, 11) is 0. The number of carbonyl (C=O) groups excluding carboxylic acids is 1. The molecule has 5 nitrogen and oxygen atoms in total. The number of anilines is 1. The number of nitrogens with zero attached hydrogens (tertiary/aromatic N) is 2. The minimum atomic E-state index is -0.119. The number of carbonyl (C=O) groups is 1. The number of amides is 1. The van der Waals surface area contributed by atoms with Crippen molar-refractivity contribution in [3.63, 3.8) is 0 Å². The highest BCUT2D eigenvalue weighted by Crippen LogP contribution is 2.30. The van der Waals surface area contributed by atoms with Gasteiger partial charge in [0.05, 0.1) is 18.8 Å². The SMILES string of the molecule is Cc1ccccc1-c1cc(N2CCOCC2)ncc1C(=O)NCc1c(C)ccc2ccccc12. The highest BCUT2D eigenvalue weighted by Gasteiger charge is 2.20. The zero-order valence-corrected chi connectivity index (χ0v) is 19.7. The van der Waals surface area contributed by atoms with Crippen LogP contribution in [0.3, 0.4) is 0 Å². The highest BCUT2D eigenvalue weighted by atomic mass is 16.5. The molecule has 2 heterocycles. The van der Waals surface area contributed by atoms with Crippen LogP contribution in [-0.2, 0) is 11.3 Å².